The summed E-state index contributed by atoms with van der Waals surface area (Å²) in [4.78, 5) is 38.6. The van der Waals surface area contributed by atoms with Gasteiger partial charge in [0.2, 0.25) is 0 Å². The predicted octanol–water partition coefficient (Wildman–Crippen LogP) is 3.75. The van der Waals surface area contributed by atoms with E-state index in [1.165, 1.54) is 18.2 Å². The van der Waals surface area contributed by atoms with Crippen molar-refractivity contribution < 1.29 is 19.5 Å². The maximum atomic E-state index is 12.5. The first-order valence-corrected chi connectivity index (χ1v) is 8.64. The molecule has 0 aliphatic carbocycles. The Labute approximate surface area is 161 Å². The normalized spacial score (nSPS) is 12.8. The fourth-order valence-electron chi connectivity index (χ4n) is 3.13. The van der Waals surface area contributed by atoms with Gasteiger partial charge in [-0.05, 0) is 61.0 Å². The monoisotopic (exact) mass is 372 g/mol. The Balaban J connectivity index is 1.56. The topological polar surface area (TPSA) is 86.7 Å². The van der Waals surface area contributed by atoms with Crippen molar-refractivity contribution in [2.24, 2.45) is 0 Å². The van der Waals surface area contributed by atoms with E-state index in [-0.39, 0.29) is 17.6 Å². The number of nitrogens with one attached hydrogen (secondary N) is 1. The number of carbonyl (C=O) groups is 3. The van der Waals surface area contributed by atoms with Gasteiger partial charge in [-0.25, -0.2) is 4.90 Å². The number of nitrogens with zero attached hydrogens (tertiary/aromatic N) is 1. The lowest BCUT2D eigenvalue weighted by Crippen LogP contribution is -2.29. The lowest BCUT2D eigenvalue weighted by molar-refractivity contribution is 0.0925. The van der Waals surface area contributed by atoms with Crippen LogP contribution < -0.4 is 10.2 Å². The van der Waals surface area contributed by atoms with Crippen molar-refractivity contribution in [2.45, 2.75) is 6.92 Å². The first-order valence-electron chi connectivity index (χ1n) is 8.64. The summed E-state index contributed by atoms with van der Waals surface area (Å²) < 4.78 is 0. The Hall–Kier alpha value is -3.93. The smallest absolute Gasteiger partial charge is 0.266 e. The summed E-state index contributed by atoms with van der Waals surface area (Å²) in [7, 11) is 0. The molecule has 0 atom stereocenters. The van der Waals surface area contributed by atoms with Crippen LogP contribution in [0.15, 0.2) is 66.7 Å². The third kappa shape index (κ3) is 2.91. The van der Waals surface area contributed by atoms with Gasteiger partial charge in [0.25, 0.3) is 17.7 Å². The summed E-state index contributed by atoms with van der Waals surface area (Å²) in [6.07, 6.45) is 0. The van der Waals surface area contributed by atoms with E-state index in [1.807, 2.05) is 6.92 Å². The van der Waals surface area contributed by atoms with Crippen LogP contribution >= 0.6 is 0 Å². The molecule has 6 heteroatoms. The molecule has 0 spiro atoms. The van der Waals surface area contributed by atoms with Crippen LogP contribution in [0, 0.1) is 6.92 Å². The number of carbonyl (C=O) groups excluding carboxylic acids is 3. The predicted molar refractivity (Wildman–Crippen MR) is 105 cm³/mol. The van der Waals surface area contributed by atoms with Gasteiger partial charge >= 0.3 is 0 Å². The molecular weight excluding hydrogens is 356 g/mol. The van der Waals surface area contributed by atoms with Crippen molar-refractivity contribution in [1.29, 1.82) is 0 Å². The van der Waals surface area contributed by atoms with Crippen LogP contribution in [0.5, 0.6) is 5.75 Å². The van der Waals surface area contributed by atoms with Crippen LogP contribution in [0.25, 0.3) is 0 Å². The molecule has 1 heterocycles. The Morgan fingerprint density at radius 3 is 2.11 bits per heavy atom. The Morgan fingerprint density at radius 2 is 1.50 bits per heavy atom. The number of fused-ring (bicyclic) bond motifs is 1. The van der Waals surface area contributed by atoms with Crippen LogP contribution in [0.1, 0.15) is 36.6 Å². The minimum atomic E-state index is -0.408. The van der Waals surface area contributed by atoms with Gasteiger partial charge in [0.15, 0.2) is 0 Å². The average molecular weight is 372 g/mol. The molecule has 1 aliphatic heterocycles. The van der Waals surface area contributed by atoms with E-state index >= 15 is 0 Å². The van der Waals surface area contributed by atoms with E-state index in [0.29, 0.717) is 28.1 Å². The van der Waals surface area contributed by atoms with Crippen LogP contribution in [0.3, 0.4) is 0 Å². The maximum absolute atomic E-state index is 12.5. The quantitative estimate of drug-likeness (QED) is 0.541. The van der Waals surface area contributed by atoms with Gasteiger partial charge in [-0.15, -0.1) is 0 Å². The molecular formula is C22H16N2O4. The third-order valence-corrected chi connectivity index (χ3v) is 4.58. The number of benzene rings is 3. The van der Waals surface area contributed by atoms with Gasteiger partial charge < -0.3 is 10.4 Å². The zero-order chi connectivity index (χ0) is 19.8. The van der Waals surface area contributed by atoms with Crippen molar-refractivity contribution in [3.63, 3.8) is 0 Å². The molecule has 4 rings (SSSR count). The standard InChI is InChI=1S/C22H16N2O4/c1-13-6-11-19(25)18(12-13)23-20(26)14-7-9-15(10-8-14)24-21(27)16-4-2-3-5-17(16)22(24)28/h2-12,25H,1H3,(H,23,26). The highest BCUT2D eigenvalue weighted by Gasteiger charge is 2.36. The van der Waals surface area contributed by atoms with Crippen molar-refractivity contribution in [3.05, 3.63) is 89.0 Å². The fourth-order valence-corrected chi connectivity index (χ4v) is 3.13. The molecule has 0 radical (unpaired) electrons. The molecule has 0 bridgehead atoms. The van der Waals surface area contributed by atoms with Crippen LogP contribution in [0.2, 0.25) is 0 Å². The zero-order valence-electron chi connectivity index (χ0n) is 15.0. The summed E-state index contributed by atoms with van der Waals surface area (Å²) >= 11 is 0. The highest BCUT2D eigenvalue weighted by atomic mass is 16.3. The molecule has 2 N–H and O–H groups in total. The first-order chi connectivity index (χ1) is 13.5. The maximum Gasteiger partial charge on any atom is 0.266 e. The van der Waals surface area contributed by atoms with Gasteiger partial charge in [0.1, 0.15) is 5.75 Å². The van der Waals surface area contributed by atoms with Gasteiger partial charge in [0.05, 0.1) is 22.5 Å². The number of imide groups is 1. The van der Waals surface area contributed by atoms with E-state index in [2.05, 4.69) is 5.32 Å². The van der Waals surface area contributed by atoms with E-state index in [4.69, 9.17) is 0 Å². The molecule has 6 nitrogen and oxygen atoms in total. The lowest BCUT2D eigenvalue weighted by Gasteiger charge is -2.14. The SMILES string of the molecule is Cc1ccc(O)c(NC(=O)c2ccc(N3C(=O)c4ccccc4C3=O)cc2)c1. The van der Waals surface area contributed by atoms with E-state index in [0.717, 1.165) is 10.5 Å². The van der Waals surface area contributed by atoms with Crippen LogP contribution in [-0.2, 0) is 0 Å². The Morgan fingerprint density at radius 1 is 0.893 bits per heavy atom. The minimum absolute atomic E-state index is 0.0263. The van der Waals surface area contributed by atoms with Gasteiger partial charge in [0, 0.05) is 5.56 Å². The highest BCUT2D eigenvalue weighted by Crippen LogP contribution is 2.29. The number of phenolic OH excluding ortho intramolecular Hbond substituents is 1. The Kier molecular flexibility index (Phi) is 4.16. The molecule has 3 amide bonds. The molecule has 0 fully saturated rings. The van der Waals surface area contributed by atoms with Gasteiger partial charge in [-0.1, -0.05) is 18.2 Å². The summed E-state index contributed by atoms with van der Waals surface area (Å²) in [5.74, 6) is -1.21. The molecule has 3 aromatic carbocycles. The lowest BCUT2D eigenvalue weighted by atomic mass is 10.1. The largest absolute Gasteiger partial charge is 0.506 e. The zero-order valence-corrected chi connectivity index (χ0v) is 15.0. The van der Waals surface area contributed by atoms with Crippen molar-refractivity contribution >= 4 is 29.1 Å². The molecule has 138 valence electrons. The number of hydrogen-bond donors (Lipinski definition) is 2. The van der Waals surface area contributed by atoms with E-state index < -0.39 is 5.91 Å². The third-order valence-electron chi connectivity index (χ3n) is 4.58. The highest BCUT2D eigenvalue weighted by molar-refractivity contribution is 6.34. The number of aromatic hydroxyl groups is 1. The number of phenols is 1. The van der Waals surface area contributed by atoms with Crippen LogP contribution in [0.4, 0.5) is 11.4 Å². The Bertz CT molecular complexity index is 1080. The molecule has 0 saturated heterocycles. The van der Waals surface area contributed by atoms with Gasteiger partial charge in [-0.3, -0.25) is 14.4 Å². The number of rotatable bonds is 3. The van der Waals surface area contributed by atoms with Crippen molar-refractivity contribution in [1.82, 2.24) is 0 Å². The van der Waals surface area contributed by atoms with Crippen LogP contribution in [-0.4, -0.2) is 22.8 Å². The molecule has 0 aromatic heterocycles. The molecule has 0 unspecified atom stereocenters. The second kappa shape index (κ2) is 6.66. The number of aryl methyl sites for hydroxylation is 1. The number of amides is 3. The second-order valence-corrected chi connectivity index (χ2v) is 6.51. The summed E-state index contributed by atoms with van der Waals surface area (Å²) in [6, 6.07) is 17.7. The molecule has 3 aromatic rings. The van der Waals surface area contributed by atoms with Gasteiger partial charge in [-0.2, -0.15) is 0 Å². The molecule has 28 heavy (non-hydrogen) atoms. The number of hydrogen-bond acceptors (Lipinski definition) is 4. The summed E-state index contributed by atoms with van der Waals surface area (Å²) in [6.45, 7) is 1.85. The number of anilines is 2. The fraction of sp³-hybridized carbons (Fsp3) is 0.0455. The van der Waals surface area contributed by atoms with E-state index in [1.54, 1.807) is 48.5 Å². The summed E-state index contributed by atoms with van der Waals surface area (Å²) in [5, 5.41) is 12.5. The van der Waals surface area contributed by atoms with Crippen molar-refractivity contribution in [3.8, 4) is 5.75 Å². The molecule has 1 aliphatic rings. The average Bonchev–Trinajstić information content (AvgIpc) is 2.96. The van der Waals surface area contributed by atoms with Crippen molar-refractivity contribution in [2.75, 3.05) is 10.2 Å². The summed E-state index contributed by atoms with van der Waals surface area (Å²) in [5.41, 5.74) is 2.67. The minimum Gasteiger partial charge on any atom is -0.506 e. The van der Waals surface area contributed by atoms with E-state index in [9.17, 15) is 19.5 Å². The second-order valence-electron chi connectivity index (χ2n) is 6.51. The first kappa shape index (κ1) is 17.5. The molecule has 0 saturated carbocycles.